The van der Waals surface area contributed by atoms with Crippen molar-refractivity contribution in [1.29, 1.82) is 0 Å². The van der Waals surface area contributed by atoms with Crippen LogP contribution in [0.5, 0.6) is 0 Å². The summed E-state index contributed by atoms with van der Waals surface area (Å²) in [5.74, 6) is 0.695. The Bertz CT molecular complexity index is 4350. The summed E-state index contributed by atoms with van der Waals surface area (Å²) in [5, 5.41) is 10.6. The smallest absolute Gasteiger partial charge is 0.160 e. The van der Waals surface area contributed by atoms with E-state index in [4.69, 9.17) is 9.97 Å². The van der Waals surface area contributed by atoms with Crippen LogP contribution in [0.1, 0.15) is 0 Å². The van der Waals surface area contributed by atoms with Gasteiger partial charge < -0.3 is 13.7 Å². The highest BCUT2D eigenvalue weighted by Gasteiger charge is 2.21. The lowest BCUT2D eigenvalue weighted by Crippen LogP contribution is -1.99. The normalized spacial score (nSPS) is 11.9. The first-order valence-electron chi connectivity index (χ1n) is 24.2. The molecule has 0 aliphatic carbocycles. The number of nitrogens with zero attached hydrogens (tertiary/aromatic N) is 5. The highest BCUT2D eigenvalue weighted by Crippen LogP contribution is 2.41. The van der Waals surface area contributed by atoms with Gasteiger partial charge in [-0.05, 0) is 95.4 Å². The van der Waals surface area contributed by atoms with E-state index in [0.29, 0.717) is 5.82 Å². The van der Waals surface area contributed by atoms with Gasteiger partial charge in [0.15, 0.2) is 5.82 Å². The number of para-hydroxylation sites is 4. The molecule has 330 valence electrons. The van der Waals surface area contributed by atoms with E-state index in [0.717, 1.165) is 72.2 Å². The third-order valence-corrected chi connectivity index (χ3v) is 14.6. The number of hydrogen-bond donors (Lipinski definition) is 0. The Morgan fingerprint density at radius 1 is 0.239 bits per heavy atom. The molecule has 0 fully saturated rings. The van der Waals surface area contributed by atoms with Gasteiger partial charge >= 0.3 is 0 Å². The standard InChI is InChI=1S/C66H41N5/c1-2-15-42(16-3-1)43-29-31-45(32-30-43)66-67-64(55-36-33-44-17-4-5-20-50(44)65(55)68-66)46-18-14-19-47(39-46)69-62-37-34-48(70-58-25-10-6-21-51(58)52-22-7-11-26-59(52)70)40-56(62)57-41-49(35-38-63(57)69)71-60-27-12-8-23-53(60)54-24-9-13-28-61(54)71/h1-41H. The maximum absolute atomic E-state index is 5.45. The van der Waals surface area contributed by atoms with Crippen molar-refractivity contribution in [3.8, 4) is 50.8 Å². The molecule has 0 aliphatic heterocycles. The minimum Gasteiger partial charge on any atom is -0.309 e. The van der Waals surface area contributed by atoms with Crippen LogP contribution in [0.4, 0.5) is 0 Å². The van der Waals surface area contributed by atoms with Gasteiger partial charge in [-0.3, -0.25) is 0 Å². The molecule has 0 saturated heterocycles. The monoisotopic (exact) mass is 903 g/mol. The molecule has 0 atom stereocenters. The van der Waals surface area contributed by atoms with Crippen molar-refractivity contribution in [2.75, 3.05) is 0 Å². The molecule has 0 spiro atoms. The van der Waals surface area contributed by atoms with Crippen molar-refractivity contribution in [1.82, 2.24) is 23.7 Å². The van der Waals surface area contributed by atoms with E-state index < -0.39 is 0 Å². The lowest BCUT2D eigenvalue weighted by Gasteiger charge is -2.14. The van der Waals surface area contributed by atoms with Crippen molar-refractivity contribution < 1.29 is 0 Å². The Labute approximate surface area is 408 Å². The second-order valence-electron chi connectivity index (χ2n) is 18.6. The molecule has 0 aliphatic rings. The molecule has 4 aromatic heterocycles. The average molecular weight is 904 g/mol. The van der Waals surface area contributed by atoms with Gasteiger partial charge in [0.1, 0.15) is 0 Å². The second-order valence-corrected chi connectivity index (χ2v) is 18.6. The lowest BCUT2D eigenvalue weighted by molar-refractivity contribution is 1.16. The van der Waals surface area contributed by atoms with Gasteiger partial charge in [-0.1, -0.05) is 170 Å². The summed E-state index contributed by atoms with van der Waals surface area (Å²) in [5.41, 5.74) is 16.4. The van der Waals surface area contributed by atoms with Crippen molar-refractivity contribution in [2.24, 2.45) is 0 Å². The first-order valence-corrected chi connectivity index (χ1v) is 24.2. The van der Waals surface area contributed by atoms with Crippen LogP contribution in [-0.2, 0) is 0 Å². The van der Waals surface area contributed by atoms with Crippen LogP contribution >= 0.6 is 0 Å². The van der Waals surface area contributed by atoms with Gasteiger partial charge in [-0.15, -0.1) is 0 Å². The molecule has 5 nitrogen and oxygen atoms in total. The average Bonchev–Trinajstić information content (AvgIpc) is 4.08. The Morgan fingerprint density at radius 2 is 0.676 bits per heavy atom. The molecule has 15 rings (SSSR count). The van der Waals surface area contributed by atoms with Crippen molar-refractivity contribution in [3.63, 3.8) is 0 Å². The Kier molecular flexibility index (Phi) is 8.59. The van der Waals surface area contributed by atoms with Gasteiger partial charge in [0.2, 0.25) is 0 Å². The van der Waals surface area contributed by atoms with Crippen LogP contribution in [0.2, 0.25) is 0 Å². The van der Waals surface area contributed by atoms with Crippen LogP contribution in [0, 0.1) is 0 Å². The number of hydrogen-bond acceptors (Lipinski definition) is 2. The molecule has 71 heavy (non-hydrogen) atoms. The highest BCUT2D eigenvalue weighted by molar-refractivity contribution is 6.15. The van der Waals surface area contributed by atoms with E-state index in [2.05, 4.69) is 262 Å². The van der Waals surface area contributed by atoms with Crippen LogP contribution in [-0.4, -0.2) is 23.7 Å². The maximum atomic E-state index is 5.45. The van der Waals surface area contributed by atoms with E-state index in [1.165, 1.54) is 59.9 Å². The van der Waals surface area contributed by atoms with Gasteiger partial charge in [0.05, 0.1) is 44.3 Å². The summed E-state index contributed by atoms with van der Waals surface area (Å²) in [6.45, 7) is 0. The zero-order valence-electron chi connectivity index (χ0n) is 38.4. The van der Waals surface area contributed by atoms with Gasteiger partial charge in [-0.25, -0.2) is 9.97 Å². The summed E-state index contributed by atoms with van der Waals surface area (Å²) < 4.78 is 7.27. The quantitative estimate of drug-likeness (QED) is 0.156. The minimum atomic E-state index is 0.695. The van der Waals surface area contributed by atoms with Gasteiger partial charge in [-0.2, -0.15) is 0 Å². The van der Waals surface area contributed by atoms with Crippen LogP contribution in [0.15, 0.2) is 249 Å². The fraction of sp³-hybridized carbons (Fsp3) is 0. The molecule has 0 unspecified atom stereocenters. The zero-order valence-corrected chi connectivity index (χ0v) is 38.4. The second kappa shape index (κ2) is 15.5. The number of aromatic nitrogens is 5. The molecule has 0 bridgehead atoms. The summed E-state index contributed by atoms with van der Waals surface area (Å²) in [6.07, 6.45) is 0. The van der Waals surface area contributed by atoms with E-state index >= 15 is 0 Å². The Balaban J connectivity index is 0.960. The third kappa shape index (κ3) is 6.06. The van der Waals surface area contributed by atoms with Crippen LogP contribution in [0.3, 0.4) is 0 Å². The predicted octanol–water partition coefficient (Wildman–Crippen LogP) is 17.1. The maximum Gasteiger partial charge on any atom is 0.160 e. The summed E-state index contributed by atoms with van der Waals surface area (Å²) in [4.78, 5) is 10.8. The summed E-state index contributed by atoms with van der Waals surface area (Å²) in [6, 6.07) is 89.9. The fourth-order valence-electron chi connectivity index (χ4n) is 11.4. The minimum absolute atomic E-state index is 0.695. The predicted molar refractivity (Wildman–Crippen MR) is 296 cm³/mol. The molecule has 11 aromatic carbocycles. The van der Waals surface area contributed by atoms with Crippen molar-refractivity contribution in [3.05, 3.63) is 249 Å². The SMILES string of the molecule is c1ccc(-c2ccc(-c3nc(-c4cccc(-n5c6ccc(-n7c8ccccc8c8ccccc87)cc6c6cc(-n7c8ccccc8c8ccccc87)ccc65)c4)c4ccc5ccccc5c4n3)cc2)cc1. The van der Waals surface area contributed by atoms with Crippen LogP contribution < -0.4 is 0 Å². The van der Waals surface area contributed by atoms with Gasteiger partial charge in [0, 0.05) is 71.3 Å². The fourth-order valence-corrected chi connectivity index (χ4v) is 11.4. The highest BCUT2D eigenvalue weighted by atomic mass is 15.0. The number of fused-ring (bicyclic) bond motifs is 12. The molecule has 4 heterocycles. The van der Waals surface area contributed by atoms with Crippen molar-refractivity contribution >= 4 is 87.1 Å². The molecule has 0 amide bonds. The van der Waals surface area contributed by atoms with E-state index in [1.54, 1.807) is 0 Å². The first kappa shape index (κ1) is 39.4. The molecule has 5 heteroatoms. The van der Waals surface area contributed by atoms with Crippen LogP contribution in [0.25, 0.3) is 138 Å². The van der Waals surface area contributed by atoms with Gasteiger partial charge in [0.25, 0.3) is 0 Å². The van der Waals surface area contributed by atoms with E-state index in [-0.39, 0.29) is 0 Å². The Morgan fingerprint density at radius 3 is 1.24 bits per heavy atom. The van der Waals surface area contributed by atoms with Crippen molar-refractivity contribution in [2.45, 2.75) is 0 Å². The molecule has 0 saturated carbocycles. The summed E-state index contributed by atoms with van der Waals surface area (Å²) in [7, 11) is 0. The van der Waals surface area contributed by atoms with E-state index in [9.17, 15) is 0 Å². The largest absolute Gasteiger partial charge is 0.309 e. The topological polar surface area (TPSA) is 40.6 Å². The molecular weight excluding hydrogens is 863 g/mol. The zero-order chi connectivity index (χ0) is 46.6. The third-order valence-electron chi connectivity index (χ3n) is 14.6. The Hall–Kier alpha value is -9.58. The first-order chi connectivity index (χ1) is 35.2. The van der Waals surface area contributed by atoms with E-state index in [1.807, 2.05) is 0 Å². The number of rotatable bonds is 6. The molecule has 15 aromatic rings. The summed E-state index contributed by atoms with van der Waals surface area (Å²) >= 11 is 0. The molecule has 0 radical (unpaired) electrons. The molecular formula is C66H41N5. The molecule has 0 N–H and O–H groups in total. The lowest BCUT2D eigenvalue weighted by atomic mass is 10.0. The number of benzene rings is 11.